The molecule has 7 nitrogen and oxygen atoms in total. The normalized spacial score (nSPS) is 15.6. The predicted molar refractivity (Wildman–Crippen MR) is 156 cm³/mol. The van der Waals surface area contributed by atoms with Crippen molar-refractivity contribution in [3.63, 3.8) is 0 Å². The SMILES string of the molecule is CCCCCCCCCC/C=C/CCCCC[N+](CC(CC)C(=O)[O-])(CC(CC)C(=O)O)CC(CC)C(=O)O. The van der Waals surface area contributed by atoms with E-state index in [4.69, 9.17) is 0 Å². The first-order valence-corrected chi connectivity index (χ1v) is 15.8. The van der Waals surface area contributed by atoms with Crippen LogP contribution in [0, 0.1) is 17.8 Å². The second-order valence-corrected chi connectivity index (χ2v) is 11.5. The second kappa shape index (κ2) is 22.9. The highest BCUT2D eigenvalue weighted by Crippen LogP contribution is 2.25. The number of carbonyl (C=O) groups is 3. The molecular formula is C32H59NO6. The van der Waals surface area contributed by atoms with Crippen LogP contribution in [0.25, 0.3) is 0 Å². The van der Waals surface area contributed by atoms with E-state index in [1.807, 2.05) is 13.8 Å². The summed E-state index contributed by atoms with van der Waals surface area (Å²) in [6.07, 6.45) is 21.2. The van der Waals surface area contributed by atoms with Crippen molar-refractivity contribution in [1.82, 2.24) is 0 Å². The first-order valence-electron chi connectivity index (χ1n) is 15.8. The highest BCUT2D eigenvalue weighted by atomic mass is 16.4. The summed E-state index contributed by atoms with van der Waals surface area (Å²) in [5.41, 5.74) is 0. The summed E-state index contributed by atoms with van der Waals surface area (Å²) in [5, 5.41) is 31.4. The minimum absolute atomic E-state index is 0.205. The van der Waals surface area contributed by atoms with E-state index in [-0.39, 0.29) is 24.1 Å². The average Bonchev–Trinajstić information content (AvgIpc) is 2.90. The molecule has 0 aromatic heterocycles. The van der Waals surface area contributed by atoms with Gasteiger partial charge in [-0.1, -0.05) is 84.8 Å². The molecule has 2 N–H and O–H groups in total. The van der Waals surface area contributed by atoms with Gasteiger partial charge in [0.05, 0.1) is 32.1 Å². The molecule has 0 rings (SSSR count). The number of rotatable bonds is 27. The van der Waals surface area contributed by atoms with Gasteiger partial charge in [0.2, 0.25) is 0 Å². The number of unbranched alkanes of at least 4 members (excludes halogenated alkanes) is 11. The van der Waals surface area contributed by atoms with Gasteiger partial charge in [-0.3, -0.25) is 9.59 Å². The largest absolute Gasteiger partial charge is 0.550 e. The molecule has 0 spiro atoms. The maximum atomic E-state index is 11.9. The monoisotopic (exact) mass is 553 g/mol. The van der Waals surface area contributed by atoms with Crippen LogP contribution in [0.15, 0.2) is 12.2 Å². The lowest BCUT2D eigenvalue weighted by Gasteiger charge is -2.44. The fourth-order valence-corrected chi connectivity index (χ4v) is 5.55. The molecular weight excluding hydrogens is 494 g/mol. The van der Waals surface area contributed by atoms with Crippen LogP contribution in [0.1, 0.15) is 130 Å². The number of hydrogen-bond acceptors (Lipinski definition) is 4. The number of quaternary nitrogens is 1. The Balaban J connectivity index is 5.01. The van der Waals surface area contributed by atoms with Crippen molar-refractivity contribution in [3.8, 4) is 0 Å². The fourth-order valence-electron chi connectivity index (χ4n) is 5.55. The van der Waals surface area contributed by atoms with Crippen molar-refractivity contribution >= 4 is 17.9 Å². The van der Waals surface area contributed by atoms with E-state index in [0.29, 0.717) is 25.8 Å². The van der Waals surface area contributed by atoms with Crippen molar-refractivity contribution in [1.29, 1.82) is 0 Å². The van der Waals surface area contributed by atoms with Gasteiger partial charge in [-0.15, -0.1) is 0 Å². The highest BCUT2D eigenvalue weighted by Gasteiger charge is 2.39. The Bertz CT molecular complexity index is 632. The van der Waals surface area contributed by atoms with E-state index in [1.54, 1.807) is 6.92 Å². The molecule has 7 heteroatoms. The third-order valence-corrected chi connectivity index (χ3v) is 8.23. The lowest BCUT2D eigenvalue weighted by Crippen LogP contribution is -2.59. The molecule has 0 aliphatic heterocycles. The third-order valence-electron chi connectivity index (χ3n) is 8.23. The van der Waals surface area contributed by atoms with E-state index >= 15 is 0 Å². The number of carboxylic acid groups (broad SMARTS) is 3. The zero-order valence-electron chi connectivity index (χ0n) is 25.5. The average molecular weight is 554 g/mol. The maximum Gasteiger partial charge on any atom is 0.312 e. The molecule has 0 heterocycles. The minimum atomic E-state index is -1.15. The summed E-state index contributed by atoms with van der Waals surface area (Å²) in [5.74, 6) is -4.99. The van der Waals surface area contributed by atoms with Gasteiger partial charge in [-0.05, 0) is 57.8 Å². The topological polar surface area (TPSA) is 115 Å². The maximum absolute atomic E-state index is 11.9. The van der Waals surface area contributed by atoms with Crippen molar-refractivity contribution < 1.29 is 34.2 Å². The summed E-state index contributed by atoms with van der Waals surface area (Å²) in [4.78, 5) is 35.7. The molecule has 0 aromatic carbocycles. The third kappa shape index (κ3) is 17.4. The molecule has 0 saturated carbocycles. The van der Waals surface area contributed by atoms with Gasteiger partial charge < -0.3 is 24.6 Å². The molecule has 228 valence electrons. The van der Waals surface area contributed by atoms with Gasteiger partial charge >= 0.3 is 11.9 Å². The number of aliphatic carboxylic acids is 3. The van der Waals surface area contributed by atoms with Gasteiger partial charge in [0.1, 0.15) is 11.8 Å². The van der Waals surface area contributed by atoms with E-state index in [1.165, 1.54) is 51.4 Å². The van der Waals surface area contributed by atoms with Crippen molar-refractivity contribution in [2.75, 3.05) is 26.2 Å². The molecule has 0 radical (unpaired) electrons. The van der Waals surface area contributed by atoms with Crippen molar-refractivity contribution in [3.05, 3.63) is 12.2 Å². The van der Waals surface area contributed by atoms with E-state index in [9.17, 15) is 29.7 Å². The molecule has 3 unspecified atom stereocenters. The van der Waals surface area contributed by atoms with Gasteiger partial charge in [0.15, 0.2) is 0 Å². The van der Waals surface area contributed by atoms with Crippen LogP contribution in [0.3, 0.4) is 0 Å². The smallest absolute Gasteiger partial charge is 0.312 e. The number of allylic oxidation sites excluding steroid dienone is 2. The first-order chi connectivity index (χ1) is 18.7. The second-order valence-electron chi connectivity index (χ2n) is 11.5. The number of hydrogen-bond donors (Lipinski definition) is 2. The van der Waals surface area contributed by atoms with Crippen LogP contribution in [0.2, 0.25) is 0 Å². The summed E-state index contributed by atoms with van der Waals surface area (Å²) >= 11 is 0. The number of carboxylic acids is 3. The van der Waals surface area contributed by atoms with Crippen LogP contribution in [-0.2, 0) is 14.4 Å². The Kier molecular flexibility index (Phi) is 21.8. The van der Waals surface area contributed by atoms with Crippen LogP contribution >= 0.6 is 0 Å². The molecule has 0 aliphatic carbocycles. The minimum Gasteiger partial charge on any atom is -0.550 e. The Morgan fingerprint density at radius 2 is 1.00 bits per heavy atom. The van der Waals surface area contributed by atoms with Crippen molar-refractivity contribution in [2.24, 2.45) is 17.8 Å². The van der Waals surface area contributed by atoms with Crippen LogP contribution in [-0.4, -0.2) is 58.8 Å². The lowest BCUT2D eigenvalue weighted by molar-refractivity contribution is -0.935. The van der Waals surface area contributed by atoms with E-state index in [0.717, 1.165) is 32.1 Å². The Morgan fingerprint density at radius 3 is 1.38 bits per heavy atom. The summed E-state index contributed by atoms with van der Waals surface area (Å²) < 4.78 is 0.205. The summed E-state index contributed by atoms with van der Waals surface area (Å²) in [7, 11) is 0. The molecule has 0 amide bonds. The van der Waals surface area contributed by atoms with E-state index in [2.05, 4.69) is 19.1 Å². The molecule has 0 saturated heterocycles. The predicted octanol–water partition coefficient (Wildman–Crippen LogP) is 6.45. The van der Waals surface area contributed by atoms with Crippen LogP contribution in [0.5, 0.6) is 0 Å². The fraction of sp³-hybridized carbons (Fsp3) is 0.844. The van der Waals surface area contributed by atoms with Gasteiger partial charge in [-0.25, -0.2) is 0 Å². The summed E-state index contributed by atoms with van der Waals surface area (Å²) in [6.45, 7) is 8.96. The van der Waals surface area contributed by atoms with Crippen LogP contribution in [0.4, 0.5) is 0 Å². The molecule has 0 aromatic rings. The molecule has 0 bridgehead atoms. The Hall–Kier alpha value is -1.89. The Labute approximate surface area is 238 Å². The highest BCUT2D eigenvalue weighted by molar-refractivity contribution is 5.70. The zero-order valence-corrected chi connectivity index (χ0v) is 25.5. The first kappa shape index (κ1) is 37.1. The van der Waals surface area contributed by atoms with Gasteiger partial charge in [0.25, 0.3) is 0 Å². The number of nitrogens with zero attached hydrogens (tertiary/aromatic N) is 1. The standard InChI is InChI=1S/C32H59NO6/c1-5-9-10-11-12-13-14-15-16-17-18-19-20-21-22-23-33(24-27(6-2)30(34)35,25-28(7-3)31(36)37)26-29(8-4)32(38)39/h17-18,27-29H,5-16,19-26H2,1-4H3,(H2-,34,35,36,37,38,39)/b18-17+. The quantitative estimate of drug-likeness (QED) is 0.0686. The van der Waals surface area contributed by atoms with Crippen LogP contribution < -0.4 is 5.11 Å². The molecule has 0 fully saturated rings. The lowest BCUT2D eigenvalue weighted by atomic mass is 9.95. The zero-order chi connectivity index (χ0) is 29.5. The van der Waals surface area contributed by atoms with Crippen molar-refractivity contribution in [2.45, 2.75) is 130 Å². The van der Waals surface area contributed by atoms with Gasteiger partial charge in [0, 0.05) is 5.92 Å². The summed E-state index contributed by atoms with van der Waals surface area (Å²) in [6, 6.07) is 0. The number of carbonyl (C=O) groups excluding carboxylic acids is 1. The molecule has 3 atom stereocenters. The van der Waals surface area contributed by atoms with Gasteiger partial charge in [-0.2, -0.15) is 0 Å². The van der Waals surface area contributed by atoms with E-state index < -0.39 is 35.7 Å². The Morgan fingerprint density at radius 1 is 0.615 bits per heavy atom. The molecule has 0 aliphatic rings. The molecule has 39 heavy (non-hydrogen) atoms.